The van der Waals surface area contributed by atoms with Crippen LogP contribution >= 0.6 is 9.24 Å². The summed E-state index contributed by atoms with van der Waals surface area (Å²) in [7, 11) is 1.41. The number of alkyl halides is 2. The first kappa shape index (κ1) is 16.0. The van der Waals surface area contributed by atoms with Crippen LogP contribution in [0.2, 0.25) is 0 Å². The van der Waals surface area contributed by atoms with Crippen molar-refractivity contribution in [3.8, 4) is 11.1 Å². The molecule has 2 atom stereocenters. The summed E-state index contributed by atoms with van der Waals surface area (Å²) in [4.78, 5) is 12.0. The highest BCUT2D eigenvalue weighted by atomic mass is 31.0. The number of benzene rings is 2. The van der Waals surface area contributed by atoms with Crippen molar-refractivity contribution in [1.29, 1.82) is 0 Å². The maximum absolute atomic E-state index is 14.3. The average Bonchev–Trinajstić information content (AvgIpc) is 2.78. The molecule has 6 heteroatoms. The van der Waals surface area contributed by atoms with Crippen molar-refractivity contribution < 1.29 is 18.7 Å². The largest absolute Gasteiger partial charge is 0.374 e. The van der Waals surface area contributed by atoms with E-state index < -0.39 is 11.3 Å². The summed E-state index contributed by atoms with van der Waals surface area (Å²) in [6.07, 6.45) is 0. The van der Waals surface area contributed by atoms with Gasteiger partial charge in [0.15, 0.2) is 5.60 Å². The van der Waals surface area contributed by atoms with E-state index in [9.17, 15) is 18.7 Å². The zero-order valence-corrected chi connectivity index (χ0v) is 13.6. The predicted molar refractivity (Wildman–Crippen MR) is 87.5 cm³/mol. The Morgan fingerprint density at radius 3 is 2.52 bits per heavy atom. The molecule has 2 N–H and O–H groups in total. The van der Waals surface area contributed by atoms with Gasteiger partial charge in [0.2, 0.25) is 0 Å². The van der Waals surface area contributed by atoms with Gasteiger partial charge in [0.1, 0.15) is 0 Å². The fraction of sp³-hybridized carbons (Fsp3) is 0.235. The molecule has 1 aliphatic rings. The molecule has 0 aliphatic heterocycles. The van der Waals surface area contributed by atoms with Crippen LogP contribution in [0.5, 0.6) is 0 Å². The molecule has 0 radical (unpaired) electrons. The maximum Gasteiger partial charge on any atom is 0.295 e. The summed E-state index contributed by atoms with van der Waals surface area (Å²) < 4.78 is 28.5. The van der Waals surface area contributed by atoms with E-state index in [1.165, 1.54) is 21.4 Å². The molecule has 1 amide bonds. The number of nitrogens with one attached hydrogen (secondary N) is 1. The Labute approximate surface area is 134 Å². The SMILES string of the molecule is CCNC(=O)c1ccc2c(c1)C(O)(C(F)(F)P)c1ccccc1-2. The van der Waals surface area contributed by atoms with Crippen LogP contribution < -0.4 is 5.32 Å². The van der Waals surface area contributed by atoms with Crippen LogP contribution in [-0.4, -0.2) is 23.2 Å². The molecule has 3 nitrogen and oxygen atoms in total. The Kier molecular flexibility index (Phi) is 3.74. The van der Waals surface area contributed by atoms with Gasteiger partial charge < -0.3 is 10.4 Å². The lowest BCUT2D eigenvalue weighted by atomic mass is 9.90. The minimum Gasteiger partial charge on any atom is -0.374 e. The van der Waals surface area contributed by atoms with Gasteiger partial charge in [-0.3, -0.25) is 4.79 Å². The Morgan fingerprint density at radius 2 is 1.87 bits per heavy atom. The van der Waals surface area contributed by atoms with Gasteiger partial charge in [0.05, 0.1) is 0 Å². The first-order chi connectivity index (χ1) is 10.8. The standard InChI is InChI=1S/C17H16F2NO2P/c1-2-20-15(21)10-7-8-12-11-5-3-4-6-13(11)16(22,14(12)9-10)17(18,19)23/h3-9,22H,2,23H2,1H3,(H,20,21). The maximum atomic E-state index is 14.3. The number of halogens is 2. The lowest BCUT2D eigenvalue weighted by Gasteiger charge is -2.31. The third-order valence-electron chi connectivity index (χ3n) is 4.10. The van der Waals surface area contributed by atoms with Crippen molar-refractivity contribution in [3.63, 3.8) is 0 Å². The summed E-state index contributed by atoms with van der Waals surface area (Å²) >= 11 is 0. The van der Waals surface area contributed by atoms with Crippen LogP contribution in [0.25, 0.3) is 11.1 Å². The highest BCUT2D eigenvalue weighted by Gasteiger charge is 2.56. The van der Waals surface area contributed by atoms with Gasteiger partial charge in [-0.25, -0.2) is 0 Å². The molecule has 120 valence electrons. The number of amides is 1. The van der Waals surface area contributed by atoms with Crippen LogP contribution in [0.1, 0.15) is 28.4 Å². The average molecular weight is 335 g/mol. The van der Waals surface area contributed by atoms with E-state index in [4.69, 9.17) is 0 Å². The number of carbonyl (C=O) groups is 1. The Bertz CT molecular complexity index is 788. The second-order valence-corrected chi connectivity index (χ2v) is 6.22. The molecule has 0 saturated heterocycles. The molecule has 0 heterocycles. The minimum absolute atomic E-state index is 0.0439. The highest BCUT2D eigenvalue weighted by molar-refractivity contribution is 7.18. The van der Waals surface area contributed by atoms with Gasteiger partial charge in [0, 0.05) is 23.2 Å². The van der Waals surface area contributed by atoms with Gasteiger partial charge in [-0.15, -0.1) is 0 Å². The zero-order chi connectivity index (χ0) is 16.8. The molecule has 3 rings (SSSR count). The summed E-state index contributed by atoms with van der Waals surface area (Å²) in [5.74, 6) is -0.360. The molecule has 0 aromatic heterocycles. The molecule has 0 saturated carbocycles. The van der Waals surface area contributed by atoms with Crippen molar-refractivity contribution in [2.45, 2.75) is 18.2 Å². The van der Waals surface area contributed by atoms with Crippen LogP contribution in [0.3, 0.4) is 0 Å². The number of aliphatic hydroxyl groups is 1. The normalized spacial score (nSPS) is 19.2. The summed E-state index contributed by atoms with van der Waals surface area (Å²) in [6.45, 7) is 2.20. The van der Waals surface area contributed by atoms with Crippen LogP contribution in [0, 0.1) is 0 Å². The third kappa shape index (κ3) is 2.27. The quantitative estimate of drug-likeness (QED) is 0.847. The molecule has 0 fully saturated rings. The Balaban J connectivity index is 2.25. The predicted octanol–water partition coefficient (Wildman–Crippen LogP) is 3.12. The number of hydrogen-bond donors (Lipinski definition) is 2. The van der Waals surface area contributed by atoms with E-state index in [-0.39, 0.29) is 22.6 Å². The van der Waals surface area contributed by atoms with E-state index in [0.29, 0.717) is 17.7 Å². The van der Waals surface area contributed by atoms with Crippen LogP contribution in [-0.2, 0) is 5.60 Å². The van der Waals surface area contributed by atoms with E-state index >= 15 is 0 Å². The molecule has 2 unspecified atom stereocenters. The van der Waals surface area contributed by atoms with E-state index in [2.05, 4.69) is 5.32 Å². The zero-order valence-electron chi connectivity index (χ0n) is 12.4. The lowest BCUT2D eigenvalue weighted by Crippen LogP contribution is -2.40. The third-order valence-corrected chi connectivity index (χ3v) is 4.52. The van der Waals surface area contributed by atoms with Crippen molar-refractivity contribution in [2.75, 3.05) is 6.54 Å². The summed E-state index contributed by atoms with van der Waals surface area (Å²) in [5, 5.41) is 13.5. The Morgan fingerprint density at radius 1 is 1.22 bits per heavy atom. The number of hydrogen-bond acceptors (Lipinski definition) is 2. The summed E-state index contributed by atoms with van der Waals surface area (Å²) in [5.41, 5.74) is -4.47. The number of fused-ring (bicyclic) bond motifs is 3. The molecular weight excluding hydrogens is 319 g/mol. The fourth-order valence-electron chi connectivity index (χ4n) is 3.02. The van der Waals surface area contributed by atoms with E-state index in [0.717, 1.165) is 0 Å². The molecule has 0 bridgehead atoms. The van der Waals surface area contributed by atoms with Gasteiger partial charge >= 0.3 is 0 Å². The first-order valence-corrected chi connectivity index (χ1v) is 7.80. The fourth-order valence-corrected chi connectivity index (χ4v) is 3.33. The van der Waals surface area contributed by atoms with Crippen molar-refractivity contribution in [2.24, 2.45) is 0 Å². The number of carbonyl (C=O) groups excluding carboxylic acids is 1. The smallest absolute Gasteiger partial charge is 0.295 e. The van der Waals surface area contributed by atoms with Crippen LogP contribution in [0.4, 0.5) is 8.78 Å². The van der Waals surface area contributed by atoms with Gasteiger partial charge in [-0.2, -0.15) is 8.78 Å². The summed E-state index contributed by atoms with van der Waals surface area (Å²) in [6, 6.07) is 11.0. The van der Waals surface area contributed by atoms with E-state index in [1.807, 2.05) is 0 Å². The van der Waals surface area contributed by atoms with Gasteiger partial charge in [0.25, 0.3) is 11.6 Å². The molecule has 0 spiro atoms. The molecule has 1 aliphatic carbocycles. The first-order valence-electron chi connectivity index (χ1n) is 7.22. The highest BCUT2D eigenvalue weighted by Crippen LogP contribution is 2.56. The topological polar surface area (TPSA) is 49.3 Å². The minimum atomic E-state index is -3.48. The van der Waals surface area contributed by atoms with E-state index in [1.54, 1.807) is 37.3 Å². The van der Waals surface area contributed by atoms with Gasteiger partial charge in [-0.1, -0.05) is 39.6 Å². The molecule has 2 aromatic carbocycles. The second-order valence-electron chi connectivity index (χ2n) is 5.50. The van der Waals surface area contributed by atoms with Crippen LogP contribution in [0.15, 0.2) is 42.5 Å². The second kappa shape index (κ2) is 5.36. The Hall–Kier alpha value is -1.84. The lowest BCUT2D eigenvalue weighted by molar-refractivity contribution is -0.0964. The van der Waals surface area contributed by atoms with Crippen molar-refractivity contribution >= 4 is 15.1 Å². The monoisotopic (exact) mass is 335 g/mol. The molecule has 23 heavy (non-hydrogen) atoms. The molecular formula is C17H16F2NO2P. The van der Waals surface area contributed by atoms with Crippen molar-refractivity contribution in [3.05, 3.63) is 59.2 Å². The molecule has 2 aromatic rings. The number of rotatable bonds is 3. The van der Waals surface area contributed by atoms with Crippen molar-refractivity contribution in [1.82, 2.24) is 5.32 Å². The van der Waals surface area contributed by atoms with Gasteiger partial charge in [-0.05, 0) is 30.2 Å².